The highest BCUT2D eigenvalue weighted by Gasteiger charge is 2.32. The van der Waals surface area contributed by atoms with Gasteiger partial charge in [-0.3, -0.25) is 0 Å². The summed E-state index contributed by atoms with van der Waals surface area (Å²) < 4.78 is 24.5. The van der Waals surface area contributed by atoms with Crippen LogP contribution in [0.1, 0.15) is 19.8 Å². The van der Waals surface area contributed by atoms with E-state index in [1.807, 2.05) is 6.92 Å². The summed E-state index contributed by atoms with van der Waals surface area (Å²) in [5, 5.41) is 0. The third-order valence-electron chi connectivity index (χ3n) is 2.55. The molecule has 0 amide bonds. The van der Waals surface area contributed by atoms with E-state index in [1.165, 1.54) is 4.31 Å². The molecule has 0 heterocycles. The zero-order valence-electron chi connectivity index (χ0n) is 8.23. The van der Waals surface area contributed by atoms with Crippen molar-refractivity contribution in [2.24, 2.45) is 11.7 Å². The van der Waals surface area contributed by atoms with Gasteiger partial charge in [0, 0.05) is 19.6 Å². The standard InChI is InChI=1S/C8H18N2O2S/c1-3-10(2)13(11,12)6-8(9)7-4-5-7/h7-8H,3-6,9H2,1-2H3. The number of hydrogen-bond donors (Lipinski definition) is 1. The van der Waals surface area contributed by atoms with Crippen LogP contribution in [0.2, 0.25) is 0 Å². The third-order valence-corrected chi connectivity index (χ3v) is 4.56. The van der Waals surface area contributed by atoms with Crippen LogP contribution in [0.3, 0.4) is 0 Å². The topological polar surface area (TPSA) is 63.4 Å². The van der Waals surface area contributed by atoms with Gasteiger partial charge in [-0.25, -0.2) is 12.7 Å². The average molecular weight is 206 g/mol. The smallest absolute Gasteiger partial charge is 0.215 e. The maximum atomic E-state index is 11.6. The molecule has 1 unspecified atom stereocenters. The minimum Gasteiger partial charge on any atom is -0.326 e. The van der Waals surface area contributed by atoms with Crippen molar-refractivity contribution in [3.63, 3.8) is 0 Å². The average Bonchev–Trinajstić information content (AvgIpc) is 2.84. The Bertz CT molecular complexity index is 259. The van der Waals surface area contributed by atoms with Crippen molar-refractivity contribution in [2.75, 3.05) is 19.3 Å². The van der Waals surface area contributed by atoms with E-state index in [1.54, 1.807) is 7.05 Å². The number of sulfonamides is 1. The fourth-order valence-electron chi connectivity index (χ4n) is 1.23. The van der Waals surface area contributed by atoms with E-state index in [4.69, 9.17) is 5.73 Å². The molecular formula is C8H18N2O2S. The highest BCUT2D eigenvalue weighted by Crippen LogP contribution is 2.32. The van der Waals surface area contributed by atoms with Crippen LogP contribution in [0, 0.1) is 5.92 Å². The van der Waals surface area contributed by atoms with E-state index in [9.17, 15) is 8.42 Å². The lowest BCUT2D eigenvalue weighted by Crippen LogP contribution is -2.38. The SMILES string of the molecule is CCN(C)S(=O)(=O)CC(N)C1CC1. The minimum atomic E-state index is -3.11. The molecule has 0 aromatic heterocycles. The predicted octanol–water partition coefficient (Wildman–Crippen LogP) is 0.00520. The Balaban J connectivity index is 2.50. The van der Waals surface area contributed by atoms with Crippen molar-refractivity contribution in [1.29, 1.82) is 0 Å². The van der Waals surface area contributed by atoms with E-state index in [-0.39, 0.29) is 11.8 Å². The Morgan fingerprint density at radius 3 is 2.46 bits per heavy atom. The lowest BCUT2D eigenvalue weighted by Gasteiger charge is -2.17. The molecule has 0 aromatic rings. The summed E-state index contributed by atoms with van der Waals surface area (Å²) in [5.41, 5.74) is 5.75. The van der Waals surface area contributed by atoms with Crippen LogP contribution in [-0.4, -0.2) is 38.1 Å². The molecule has 1 aliphatic carbocycles. The molecule has 13 heavy (non-hydrogen) atoms. The monoisotopic (exact) mass is 206 g/mol. The van der Waals surface area contributed by atoms with E-state index >= 15 is 0 Å². The number of hydrogen-bond acceptors (Lipinski definition) is 3. The van der Waals surface area contributed by atoms with Crippen molar-refractivity contribution in [1.82, 2.24) is 4.31 Å². The van der Waals surface area contributed by atoms with Gasteiger partial charge in [-0.2, -0.15) is 0 Å². The molecule has 1 rings (SSSR count). The summed E-state index contributed by atoms with van der Waals surface area (Å²) in [6.45, 7) is 2.33. The lowest BCUT2D eigenvalue weighted by molar-refractivity contribution is 0.477. The molecule has 0 saturated heterocycles. The van der Waals surface area contributed by atoms with E-state index in [2.05, 4.69) is 0 Å². The molecule has 1 saturated carbocycles. The maximum absolute atomic E-state index is 11.6. The van der Waals surface area contributed by atoms with Crippen molar-refractivity contribution < 1.29 is 8.42 Å². The van der Waals surface area contributed by atoms with E-state index in [0.717, 1.165) is 12.8 Å². The van der Waals surface area contributed by atoms with E-state index in [0.29, 0.717) is 12.5 Å². The van der Waals surface area contributed by atoms with E-state index < -0.39 is 10.0 Å². The second-order valence-electron chi connectivity index (χ2n) is 3.69. The first kappa shape index (κ1) is 10.9. The van der Waals surface area contributed by atoms with Crippen LogP contribution < -0.4 is 5.73 Å². The Labute approximate surface area is 80.1 Å². The second kappa shape index (κ2) is 3.94. The predicted molar refractivity (Wildman–Crippen MR) is 52.8 cm³/mol. The number of nitrogens with two attached hydrogens (primary N) is 1. The molecule has 0 aromatic carbocycles. The summed E-state index contributed by atoms with van der Waals surface area (Å²) in [5.74, 6) is 0.544. The van der Waals surface area contributed by atoms with Crippen LogP contribution in [-0.2, 0) is 10.0 Å². The van der Waals surface area contributed by atoms with Gasteiger partial charge in [0.25, 0.3) is 0 Å². The van der Waals surface area contributed by atoms with Gasteiger partial charge in [0.05, 0.1) is 5.75 Å². The van der Waals surface area contributed by atoms with Crippen molar-refractivity contribution in [3.05, 3.63) is 0 Å². The van der Waals surface area contributed by atoms with Crippen LogP contribution in [0.25, 0.3) is 0 Å². The van der Waals surface area contributed by atoms with Gasteiger partial charge >= 0.3 is 0 Å². The third kappa shape index (κ3) is 2.93. The molecule has 0 spiro atoms. The molecule has 78 valence electrons. The quantitative estimate of drug-likeness (QED) is 0.689. The van der Waals surface area contributed by atoms with Crippen LogP contribution in [0.15, 0.2) is 0 Å². The Hall–Kier alpha value is -0.130. The highest BCUT2D eigenvalue weighted by molar-refractivity contribution is 7.89. The summed E-state index contributed by atoms with van der Waals surface area (Å²) in [6.07, 6.45) is 2.18. The minimum absolute atomic E-state index is 0.0992. The molecule has 0 bridgehead atoms. The van der Waals surface area contributed by atoms with Crippen molar-refractivity contribution in [2.45, 2.75) is 25.8 Å². The summed E-state index contributed by atoms with van der Waals surface area (Å²) in [6, 6.07) is -0.168. The first-order valence-corrected chi connectivity index (χ1v) is 6.28. The van der Waals surface area contributed by atoms with Crippen molar-refractivity contribution >= 4 is 10.0 Å². The molecule has 0 radical (unpaired) electrons. The van der Waals surface area contributed by atoms with Crippen LogP contribution in [0.4, 0.5) is 0 Å². The molecule has 5 heteroatoms. The Morgan fingerprint density at radius 1 is 1.54 bits per heavy atom. The van der Waals surface area contributed by atoms with Gasteiger partial charge in [0.15, 0.2) is 0 Å². The van der Waals surface area contributed by atoms with Gasteiger partial charge in [-0.1, -0.05) is 6.92 Å². The van der Waals surface area contributed by atoms with Crippen molar-refractivity contribution in [3.8, 4) is 0 Å². The summed E-state index contributed by atoms with van der Waals surface area (Å²) >= 11 is 0. The van der Waals surface area contributed by atoms with Gasteiger partial charge in [-0.05, 0) is 18.8 Å². The van der Waals surface area contributed by atoms with Gasteiger partial charge in [0.2, 0.25) is 10.0 Å². The lowest BCUT2D eigenvalue weighted by atomic mass is 10.2. The van der Waals surface area contributed by atoms with Gasteiger partial charge in [0.1, 0.15) is 0 Å². The fraction of sp³-hybridized carbons (Fsp3) is 1.00. The largest absolute Gasteiger partial charge is 0.326 e. The fourth-order valence-corrected chi connectivity index (χ4v) is 2.63. The first-order valence-electron chi connectivity index (χ1n) is 4.67. The molecule has 0 aliphatic heterocycles. The molecule has 2 N–H and O–H groups in total. The van der Waals surface area contributed by atoms with Gasteiger partial charge < -0.3 is 5.73 Å². The molecule has 1 aliphatic rings. The molecule has 1 fully saturated rings. The normalized spacial score (nSPS) is 20.6. The first-order chi connectivity index (χ1) is 5.97. The maximum Gasteiger partial charge on any atom is 0.215 e. The number of rotatable bonds is 5. The zero-order chi connectivity index (χ0) is 10.1. The summed E-state index contributed by atoms with van der Waals surface area (Å²) in [7, 11) is -1.51. The van der Waals surface area contributed by atoms with Crippen LogP contribution >= 0.6 is 0 Å². The summed E-state index contributed by atoms with van der Waals surface area (Å²) in [4.78, 5) is 0. The zero-order valence-corrected chi connectivity index (χ0v) is 9.05. The van der Waals surface area contributed by atoms with Crippen LogP contribution in [0.5, 0.6) is 0 Å². The molecule has 4 nitrogen and oxygen atoms in total. The van der Waals surface area contributed by atoms with Gasteiger partial charge in [-0.15, -0.1) is 0 Å². The molecule has 1 atom stereocenters. The second-order valence-corrected chi connectivity index (χ2v) is 5.81. The highest BCUT2D eigenvalue weighted by atomic mass is 32.2. The molecular weight excluding hydrogens is 188 g/mol. The number of nitrogens with zero attached hydrogens (tertiary/aromatic N) is 1. The Morgan fingerprint density at radius 2 is 2.08 bits per heavy atom. The Kier molecular flexibility index (Phi) is 3.32.